The molecule has 0 saturated carbocycles. The lowest BCUT2D eigenvalue weighted by molar-refractivity contribution is -0.142. The Morgan fingerprint density at radius 1 is 1.32 bits per heavy atom. The van der Waals surface area contributed by atoms with Crippen molar-refractivity contribution in [1.29, 1.82) is 0 Å². The Labute approximate surface area is 148 Å². The summed E-state index contributed by atoms with van der Waals surface area (Å²) in [5, 5.41) is 0. The van der Waals surface area contributed by atoms with E-state index in [9.17, 15) is 9.59 Å². The molecular weight excluding hydrogens is 324 g/mol. The minimum Gasteiger partial charge on any atom is -0.490 e. The second-order valence-electron chi connectivity index (χ2n) is 7.05. The van der Waals surface area contributed by atoms with Gasteiger partial charge in [-0.25, -0.2) is 4.79 Å². The molecule has 25 heavy (non-hydrogen) atoms. The Morgan fingerprint density at radius 2 is 2.08 bits per heavy atom. The molecule has 1 aromatic rings. The smallest absolute Gasteiger partial charge is 0.410 e. The van der Waals surface area contributed by atoms with Gasteiger partial charge >= 0.3 is 12.1 Å². The van der Waals surface area contributed by atoms with Gasteiger partial charge in [0.2, 0.25) is 0 Å². The van der Waals surface area contributed by atoms with Crippen molar-refractivity contribution in [2.75, 3.05) is 13.2 Å². The first kappa shape index (κ1) is 19.0. The minimum atomic E-state index is -0.507. The molecule has 0 aliphatic carbocycles. The number of likely N-dealkylation sites (tertiary alicyclic amines) is 1. The zero-order valence-electron chi connectivity index (χ0n) is 15.3. The largest absolute Gasteiger partial charge is 0.490 e. The lowest BCUT2D eigenvalue weighted by Gasteiger charge is -2.28. The first-order valence-corrected chi connectivity index (χ1v) is 8.45. The van der Waals surface area contributed by atoms with Crippen molar-refractivity contribution >= 4 is 12.1 Å². The number of hydrogen-bond donors (Lipinski definition) is 0. The van der Waals surface area contributed by atoms with Crippen LogP contribution in [0.15, 0.2) is 18.3 Å². The maximum absolute atomic E-state index is 12.2. The highest BCUT2D eigenvalue weighted by Crippen LogP contribution is 2.22. The Morgan fingerprint density at radius 3 is 2.68 bits per heavy atom. The number of esters is 1. The first-order valence-electron chi connectivity index (χ1n) is 8.45. The summed E-state index contributed by atoms with van der Waals surface area (Å²) in [6.45, 7) is 8.15. The minimum absolute atomic E-state index is 0.00410. The van der Waals surface area contributed by atoms with Crippen LogP contribution in [0.1, 0.15) is 46.2 Å². The van der Waals surface area contributed by atoms with Crippen LogP contribution in [-0.2, 0) is 20.9 Å². The summed E-state index contributed by atoms with van der Waals surface area (Å²) in [7, 11) is 0. The molecule has 7 heteroatoms. The number of carbonyl (C=O) groups excluding carboxylic acids is 2. The predicted octanol–water partition coefficient (Wildman–Crippen LogP) is 2.92. The average Bonchev–Trinajstić information content (AvgIpc) is 2.99. The fourth-order valence-corrected chi connectivity index (χ4v) is 2.52. The molecule has 138 valence electrons. The molecule has 0 spiro atoms. The van der Waals surface area contributed by atoms with Crippen molar-refractivity contribution in [3.63, 3.8) is 0 Å². The van der Waals surface area contributed by atoms with E-state index in [1.54, 1.807) is 23.2 Å². The Hall–Kier alpha value is -2.31. The van der Waals surface area contributed by atoms with Crippen LogP contribution in [0.4, 0.5) is 4.79 Å². The number of amides is 1. The van der Waals surface area contributed by atoms with Gasteiger partial charge in [-0.1, -0.05) is 0 Å². The van der Waals surface area contributed by atoms with Gasteiger partial charge in [-0.3, -0.25) is 9.78 Å². The normalized spacial score (nSPS) is 17.3. The summed E-state index contributed by atoms with van der Waals surface area (Å²) < 4.78 is 16.1. The SMILES string of the molecule is CC(=O)OCc1ccc(OC[C@@H]2CCCN2C(=O)OC(C)(C)C)cn1. The maximum atomic E-state index is 12.2. The molecule has 7 nitrogen and oxygen atoms in total. The molecule has 1 aliphatic rings. The van der Waals surface area contributed by atoms with Gasteiger partial charge in [0.1, 0.15) is 24.6 Å². The van der Waals surface area contributed by atoms with E-state index < -0.39 is 5.60 Å². The molecule has 1 aliphatic heterocycles. The number of rotatable bonds is 5. The molecule has 0 radical (unpaired) electrons. The number of nitrogens with zero attached hydrogens (tertiary/aromatic N) is 2. The highest BCUT2D eigenvalue weighted by Gasteiger charge is 2.32. The van der Waals surface area contributed by atoms with E-state index in [-0.39, 0.29) is 24.7 Å². The van der Waals surface area contributed by atoms with Crippen LogP contribution in [0, 0.1) is 0 Å². The van der Waals surface area contributed by atoms with E-state index in [1.165, 1.54) is 6.92 Å². The van der Waals surface area contributed by atoms with Crippen LogP contribution in [0.3, 0.4) is 0 Å². The van der Waals surface area contributed by atoms with Gasteiger partial charge in [0.15, 0.2) is 0 Å². The lowest BCUT2D eigenvalue weighted by atomic mass is 10.2. The van der Waals surface area contributed by atoms with Gasteiger partial charge in [0, 0.05) is 13.5 Å². The van der Waals surface area contributed by atoms with Crippen molar-refractivity contribution in [2.45, 2.75) is 58.8 Å². The second kappa shape index (κ2) is 8.18. The molecule has 1 amide bonds. The number of aromatic nitrogens is 1. The molecule has 0 N–H and O–H groups in total. The third kappa shape index (κ3) is 6.25. The molecule has 2 heterocycles. The van der Waals surface area contributed by atoms with E-state index in [4.69, 9.17) is 14.2 Å². The Balaban J connectivity index is 1.85. The van der Waals surface area contributed by atoms with Gasteiger partial charge in [-0.05, 0) is 45.7 Å². The Kier molecular flexibility index (Phi) is 6.22. The number of pyridine rings is 1. The Bertz CT molecular complexity index is 594. The van der Waals surface area contributed by atoms with Crippen molar-refractivity contribution in [1.82, 2.24) is 9.88 Å². The fourth-order valence-electron chi connectivity index (χ4n) is 2.52. The molecule has 1 fully saturated rings. The summed E-state index contributed by atoms with van der Waals surface area (Å²) in [6.07, 6.45) is 3.11. The van der Waals surface area contributed by atoms with Crippen LogP contribution in [0.2, 0.25) is 0 Å². The summed E-state index contributed by atoms with van der Waals surface area (Å²) in [4.78, 5) is 29.0. The van der Waals surface area contributed by atoms with Crippen LogP contribution in [0.25, 0.3) is 0 Å². The highest BCUT2D eigenvalue weighted by atomic mass is 16.6. The third-order valence-electron chi connectivity index (χ3n) is 3.67. The van der Waals surface area contributed by atoms with Crippen LogP contribution >= 0.6 is 0 Å². The zero-order valence-corrected chi connectivity index (χ0v) is 15.3. The summed E-state index contributed by atoms with van der Waals surface area (Å²) in [5.41, 5.74) is 0.144. The van der Waals surface area contributed by atoms with Crippen molar-refractivity contribution < 1.29 is 23.8 Å². The third-order valence-corrected chi connectivity index (χ3v) is 3.67. The quantitative estimate of drug-likeness (QED) is 0.760. The maximum Gasteiger partial charge on any atom is 0.410 e. The van der Waals surface area contributed by atoms with Gasteiger partial charge in [-0.2, -0.15) is 0 Å². The molecular formula is C18H26N2O5. The van der Waals surface area contributed by atoms with Crippen molar-refractivity contribution in [3.05, 3.63) is 24.0 Å². The van der Waals surface area contributed by atoms with Gasteiger partial charge in [-0.15, -0.1) is 0 Å². The first-order chi connectivity index (χ1) is 11.7. The second-order valence-corrected chi connectivity index (χ2v) is 7.05. The number of hydrogen-bond acceptors (Lipinski definition) is 6. The fraction of sp³-hybridized carbons (Fsp3) is 0.611. The van der Waals surface area contributed by atoms with Crippen LogP contribution < -0.4 is 4.74 Å². The van der Waals surface area contributed by atoms with E-state index >= 15 is 0 Å². The molecule has 1 aromatic heterocycles. The van der Waals surface area contributed by atoms with E-state index in [2.05, 4.69) is 4.98 Å². The lowest BCUT2D eigenvalue weighted by Crippen LogP contribution is -2.42. The molecule has 1 saturated heterocycles. The molecule has 2 rings (SSSR count). The number of ether oxygens (including phenoxy) is 3. The standard InChI is InChI=1S/C18H26N2O5/c1-13(21)23-11-14-7-8-16(10-19-14)24-12-15-6-5-9-20(15)17(22)25-18(2,3)4/h7-8,10,15H,5-6,9,11-12H2,1-4H3/t15-/m0/s1. The number of carbonyl (C=O) groups is 2. The van der Waals surface area contributed by atoms with Gasteiger partial charge in [0.25, 0.3) is 0 Å². The van der Waals surface area contributed by atoms with Crippen molar-refractivity contribution in [2.24, 2.45) is 0 Å². The van der Waals surface area contributed by atoms with Crippen molar-refractivity contribution in [3.8, 4) is 5.75 Å². The molecule has 0 unspecified atom stereocenters. The zero-order chi connectivity index (χ0) is 18.4. The van der Waals surface area contributed by atoms with Gasteiger partial charge < -0.3 is 19.1 Å². The molecule has 0 bridgehead atoms. The summed E-state index contributed by atoms with van der Waals surface area (Å²) in [6, 6.07) is 3.52. The van der Waals surface area contributed by atoms with Crippen LogP contribution in [-0.4, -0.2) is 46.7 Å². The van der Waals surface area contributed by atoms with E-state index in [1.807, 2.05) is 20.8 Å². The molecule has 0 aromatic carbocycles. The summed E-state index contributed by atoms with van der Waals surface area (Å²) in [5.74, 6) is 0.271. The average molecular weight is 350 g/mol. The van der Waals surface area contributed by atoms with Gasteiger partial charge in [0.05, 0.1) is 17.9 Å². The van der Waals surface area contributed by atoms with E-state index in [0.717, 1.165) is 12.8 Å². The highest BCUT2D eigenvalue weighted by molar-refractivity contribution is 5.69. The molecule has 1 atom stereocenters. The topological polar surface area (TPSA) is 78.0 Å². The van der Waals surface area contributed by atoms with Crippen LogP contribution in [0.5, 0.6) is 5.75 Å². The van der Waals surface area contributed by atoms with E-state index in [0.29, 0.717) is 24.6 Å². The predicted molar refractivity (Wildman–Crippen MR) is 91.2 cm³/mol. The monoisotopic (exact) mass is 350 g/mol. The summed E-state index contributed by atoms with van der Waals surface area (Å²) >= 11 is 0.